The first kappa shape index (κ1) is 9.22. The molecule has 1 rings (SSSR count). The molecular weight excluding hydrogens is 296 g/mol. The number of methoxy groups -OCH3 is 1. The van der Waals surface area contributed by atoms with E-state index in [4.69, 9.17) is 4.74 Å². The number of thiophene rings is 1. The van der Waals surface area contributed by atoms with E-state index in [1.54, 1.807) is 7.11 Å². The second-order valence-corrected chi connectivity index (χ2v) is 4.30. The highest BCUT2D eigenvalue weighted by Crippen LogP contribution is 2.41. The van der Waals surface area contributed by atoms with Gasteiger partial charge in [0, 0.05) is 0 Å². The summed E-state index contributed by atoms with van der Waals surface area (Å²) in [6.45, 7) is 0. The molecule has 0 aliphatic carbocycles. The van der Waals surface area contributed by atoms with E-state index in [-0.39, 0.29) is 0 Å². The average Bonchev–Trinajstić information content (AvgIpc) is 2.30. The van der Waals surface area contributed by atoms with Gasteiger partial charge in [-0.05, 0) is 31.9 Å². The molecule has 1 aromatic rings. The highest BCUT2D eigenvalue weighted by molar-refractivity contribution is 9.13. The van der Waals surface area contributed by atoms with Crippen molar-refractivity contribution in [2.24, 2.45) is 0 Å². The van der Waals surface area contributed by atoms with Gasteiger partial charge < -0.3 is 4.74 Å². The maximum absolute atomic E-state index is 10.4. The third-order valence-electron chi connectivity index (χ3n) is 1.08. The lowest BCUT2D eigenvalue weighted by atomic mass is 10.5. The monoisotopic (exact) mass is 298 g/mol. The number of aldehydes is 1. The fraction of sp³-hybridized carbons (Fsp3) is 0.167. The predicted octanol–water partition coefficient (Wildman–Crippen LogP) is 3.09. The number of hydrogen-bond donors (Lipinski definition) is 0. The Balaban J connectivity index is 3.22. The van der Waals surface area contributed by atoms with Crippen LogP contribution in [0.3, 0.4) is 0 Å². The normalized spacial score (nSPS) is 9.73. The fourth-order valence-electron chi connectivity index (χ4n) is 0.594. The van der Waals surface area contributed by atoms with E-state index in [1.807, 2.05) is 0 Å². The van der Waals surface area contributed by atoms with Gasteiger partial charge in [0.05, 0.1) is 20.9 Å². The van der Waals surface area contributed by atoms with Crippen molar-refractivity contribution in [3.05, 3.63) is 13.8 Å². The van der Waals surface area contributed by atoms with E-state index in [9.17, 15) is 4.79 Å². The summed E-state index contributed by atoms with van der Waals surface area (Å²) in [5.74, 6) is 0. The largest absolute Gasteiger partial charge is 0.486 e. The van der Waals surface area contributed by atoms with Crippen molar-refractivity contribution in [3.63, 3.8) is 0 Å². The lowest BCUT2D eigenvalue weighted by Gasteiger charge is -1.92. The van der Waals surface area contributed by atoms with Crippen LogP contribution in [0.5, 0.6) is 5.06 Å². The molecule has 0 aliphatic heterocycles. The topological polar surface area (TPSA) is 26.3 Å². The first-order valence-corrected chi connectivity index (χ1v) is 5.08. The van der Waals surface area contributed by atoms with E-state index in [0.717, 1.165) is 15.2 Å². The molecule has 0 unspecified atom stereocenters. The highest BCUT2D eigenvalue weighted by atomic mass is 79.9. The van der Waals surface area contributed by atoms with Gasteiger partial charge in [0.1, 0.15) is 0 Å². The summed E-state index contributed by atoms with van der Waals surface area (Å²) in [5, 5.41) is 0.707. The van der Waals surface area contributed by atoms with Gasteiger partial charge >= 0.3 is 0 Å². The van der Waals surface area contributed by atoms with Gasteiger partial charge in [0.15, 0.2) is 11.3 Å². The highest BCUT2D eigenvalue weighted by Gasteiger charge is 2.13. The molecule has 0 bridgehead atoms. The van der Waals surface area contributed by atoms with Crippen molar-refractivity contribution in [1.82, 2.24) is 0 Å². The minimum absolute atomic E-state index is 0.633. The summed E-state index contributed by atoms with van der Waals surface area (Å²) in [6, 6.07) is 0. The van der Waals surface area contributed by atoms with Crippen LogP contribution in [0, 0.1) is 0 Å². The van der Waals surface area contributed by atoms with E-state index in [2.05, 4.69) is 31.9 Å². The van der Waals surface area contributed by atoms with Gasteiger partial charge in [-0.3, -0.25) is 4.79 Å². The van der Waals surface area contributed by atoms with Crippen molar-refractivity contribution in [2.45, 2.75) is 0 Å². The Bertz CT molecular complexity index is 282. The third-order valence-corrected chi connectivity index (χ3v) is 4.80. The lowest BCUT2D eigenvalue weighted by Crippen LogP contribution is -1.76. The molecule has 0 fully saturated rings. The average molecular weight is 300 g/mol. The van der Waals surface area contributed by atoms with Crippen molar-refractivity contribution in [2.75, 3.05) is 7.11 Å². The third kappa shape index (κ3) is 1.65. The molecule has 0 radical (unpaired) electrons. The quantitative estimate of drug-likeness (QED) is 0.785. The number of rotatable bonds is 2. The van der Waals surface area contributed by atoms with Gasteiger partial charge in [-0.2, -0.15) is 0 Å². The van der Waals surface area contributed by atoms with E-state index < -0.39 is 0 Å². The van der Waals surface area contributed by atoms with Crippen LogP contribution in [-0.2, 0) is 0 Å². The van der Waals surface area contributed by atoms with Crippen molar-refractivity contribution < 1.29 is 9.53 Å². The van der Waals surface area contributed by atoms with Crippen LogP contribution < -0.4 is 4.74 Å². The summed E-state index contributed by atoms with van der Waals surface area (Å²) in [5.41, 5.74) is 0. The number of hydrogen-bond acceptors (Lipinski definition) is 3. The Morgan fingerprint density at radius 3 is 2.36 bits per heavy atom. The van der Waals surface area contributed by atoms with Gasteiger partial charge in [0.25, 0.3) is 0 Å². The van der Waals surface area contributed by atoms with E-state index >= 15 is 0 Å². The van der Waals surface area contributed by atoms with Gasteiger partial charge in [-0.25, -0.2) is 0 Å². The zero-order valence-electron chi connectivity index (χ0n) is 5.56. The van der Waals surface area contributed by atoms with Crippen molar-refractivity contribution in [1.29, 1.82) is 0 Å². The summed E-state index contributed by atoms with van der Waals surface area (Å²) in [6.07, 6.45) is 0.794. The Morgan fingerprint density at radius 2 is 2.09 bits per heavy atom. The molecule has 0 N–H and O–H groups in total. The lowest BCUT2D eigenvalue weighted by molar-refractivity contribution is 0.112. The van der Waals surface area contributed by atoms with Gasteiger partial charge in [-0.15, -0.1) is 0 Å². The van der Waals surface area contributed by atoms with Crippen LogP contribution in [0.4, 0.5) is 0 Å². The molecular formula is C6H4Br2O2S. The Hall–Kier alpha value is 0.130. The second-order valence-electron chi connectivity index (χ2n) is 1.70. The second kappa shape index (κ2) is 3.69. The maximum Gasteiger partial charge on any atom is 0.189 e. The van der Waals surface area contributed by atoms with Crippen molar-refractivity contribution >= 4 is 49.5 Å². The van der Waals surface area contributed by atoms with Crippen LogP contribution in [0.25, 0.3) is 0 Å². The van der Waals surface area contributed by atoms with E-state index in [0.29, 0.717) is 9.94 Å². The van der Waals surface area contributed by atoms with Crippen molar-refractivity contribution in [3.8, 4) is 5.06 Å². The van der Waals surface area contributed by atoms with E-state index in [1.165, 1.54) is 11.3 Å². The zero-order valence-corrected chi connectivity index (χ0v) is 9.55. The Kier molecular flexibility index (Phi) is 3.09. The Morgan fingerprint density at radius 1 is 1.45 bits per heavy atom. The summed E-state index contributed by atoms with van der Waals surface area (Å²) in [4.78, 5) is 11.0. The molecule has 1 aromatic heterocycles. The zero-order chi connectivity index (χ0) is 8.43. The Labute approximate surface area is 84.8 Å². The van der Waals surface area contributed by atoms with Crippen LogP contribution in [0.15, 0.2) is 8.95 Å². The standard InChI is InChI=1S/C6H4Br2O2S/c1-10-6-5(8)4(7)3(2-9)11-6/h2H,1H3. The molecule has 0 amide bonds. The molecule has 0 atom stereocenters. The summed E-state index contributed by atoms with van der Waals surface area (Å²) < 4.78 is 6.55. The first-order valence-electron chi connectivity index (χ1n) is 2.67. The number of carbonyl (C=O) groups is 1. The van der Waals surface area contributed by atoms with Crippen LogP contribution in [0.1, 0.15) is 9.67 Å². The SMILES string of the molecule is COc1sc(C=O)c(Br)c1Br. The van der Waals surface area contributed by atoms with Crippen LogP contribution >= 0.6 is 43.2 Å². The number of carbonyl (C=O) groups excluding carboxylic acids is 1. The maximum atomic E-state index is 10.4. The smallest absolute Gasteiger partial charge is 0.189 e. The minimum atomic E-state index is 0.633. The molecule has 11 heavy (non-hydrogen) atoms. The number of ether oxygens (including phenoxy) is 1. The minimum Gasteiger partial charge on any atom is -0.486 e. The molecule has 0 aliphatic rings. The molecule has 2 nitrogen and oxygen atoms in total. The molecule has 0 saturated carbocycles. The predicted molar refractivity (Wildman–Crippen MR) is 51.7 cm³/mol. The fourth-order valence-corrected chi connectivity index (χ4v) is 2.71. The molecule has 60 valence electrons. The van der Waals surface area contributed by atoms with Gasteiger partial charge in [0.2, 0.25) is 0 Å². The summed E-state index contributed by atoms with van der Waals surface area (Å²) in [7, 11) is 1.57. The van der Waals surface area contributed by atoms with Gasteiger partial charge in [-0.1, -0.05) is 11.3 Å². The number of halogens is 2. The molecule has 0 spiro atoms. The van der Waals surface area contributed by atoms with Crippen LogP contribution in [-0.4, -0.2) is 13.4 Å². The van der Waals surface area contributed by atoms with Crippen LogP contribution in [0.2, 0.25) is 0 Å². The molecule has 1 heterocycles. The molecule has 5 heteroatoms. The molecule has 0 aromatic carbocycles. The first-order chi connectivity index (χ1) is 5.20. The summed E-state index contributed by atoms with van der Waals surface area (Å²) >= 11 is 7.84. The molecule has 0 saturated heterocycles.